The highest BCUT2D eigenvalue weighted by molar-refractivity contribution is 5.14. The van der Waals surface area contributed by atoms with E-state index in [2.05, 4.69) is 12.8 Å². The Bertz CT molecular complexity index is 380. The molecule has 0 heterocycles. The fourth-order valence-electron chi connectivity index (χ4n) is 1.12. The summed E-state index contributed by atoms with van der Waals surface area (Å²) in [5.41, 5.74) is 1.07. The van der Waals surface area contributed by atoms with Crippen molar-refractivity contribution in [1.29, 1.82) is 0 Å². The van der Waals surface area contributed by atoms with Gasteiger partial charge < -0.3 is 4.74 Å². The lowest BCUT2D eigenvalue weighted by Gasteiger charge is -2.00. The van der Waals surface area contributed by atoms with Crippen molar-refractivity contribution in [2.24, 2.45) is 0 Å². The van der Waals surface area contributed by atoms with Crippen LogP contribution in [0.4, 0.5) is 8.78 Å². The van der Waals surface area contributed by atoms with Gasteiger partial charge in [0.15, 0.2) is 0 Å². The molecule has 0 aliphatic heterocycles. The molecule has 0 aromatic heterocycles. The minimum absolute atomic E-state index is 0.308. The number of alkyl halides is 1. The van der Waals surface area contributed by atoms with Crippen LogP contribution in [-0.2, 0) is 11.3 Å². The van der Waals surface area contributed by atoms with Crippen molar-refractivity contribution in [3.8, 4) is 12.8 Å². The monoisotopic (exact) mass is 250 g/mol. The molecule has 1 rings (SSSR count). The first-order valence-electron chi connectivity index (χ1n) is 5.36. The van der Waals surface area contributed by atoms with Crippen LogP contribution >= 0.6 is 0 Å². The maximum Gasteiger partial charge on any atom is 0.121 e. The van der Waals surface area contributed by atoms with E-state index < -0.39 is 12.5 Å². The summed E-state index contributed by atoms with van der Waals surface area (Å²) in [5, 5.41) is 0. The van der Waals surface area contributed by atoms with Crippen molar-refractivity contribution < 1.29 is 13.5 Å². The van der Waals surface area contributed by atoms with E-state index in [-0.39, 0.29) is 0 Å². The maximum atomic E-state index is 12.6. The van der Waals surface area contributed by atoms with E-state index in [0.29, 0.717) is 13.2 Å². The van der Waals surface area contributed by atoms with Crippen molar-refractivity contribution in [1.82, 2.24) is 0 Å². The van der Waals surface area contributed by atoms with Crippen molar-refractivity contribution in [2.45, 2.75) is 6.61 Å². The Morgan fingerprint density at radius 3 is 2.50 bits per heavy atom. The van der Waals surface area contributed by atoms with Gasteiger partial charge in [-0.25, -0.2) is 8.78 Å². The van der Waals surface area contributed by atoms with E-state index >= 15 is 0 Å². The summed E-state index contributed by atoms with van der Waals surface area (Å²) in [7, 11) is 0. The van der Waals surface area contributed by atoms with Gasteiger partial charge in [0.25, 0.3) is 0 Å². The highest BCUT2D eigenvalue weighted by atomic mass is 19.1. The topological polar surface area (TPSA) is 9.23 Å². The van der Waals surface area contributed by atoms with Gasteiger partial charge in [0.1, 0.15) is 12.5 Å². The number of hydrogen-bond acceptors (Lipinski definition) is 1. The lowest BCUT2D eigenvalue weighted by atomic mass is 10.2. The summed E-state index contributed by atoms with van der Waals surface area (Å²) in [6, 6.07) is 9.69. The zero-order chi connectivity index (χ0) is 13.6. The molecule has 0 amide bonds. The van der Waals surface area contributed by atoms with Crippen LogP contribution < -0.4 is 0 Å². The van der Waals surface area contributed by atoms with E-state index in [4.69, 9.17) is 4.74 Å². The molecule has 0 aliphatic rings. The molecule has 0 atom stereocenters. The Hall–Kier alpha value is -1.92. The number of hydrogen-bond donors (Lipinski definition) is 0. The second kappa shape index (κ2) is 11.6. The van der Waals surface area contributed by atoms with Crippen LogP contribution in [0.25, 0.3) is 0 Å². The third kappa shape index (κ3) is 8.26. The molecule has 18 heavy (non-hydrogen) atoms. The van der Waals surface area contributed by atoms with Crippen LogP contribution in [0.5, 0.6) is 0 Å². The lowest BCUT2D eigenvalue weighted by molar-refractivity contribution is 0.148. The lowest BCUT2D eigenvalue weighted by Crippen LogP contribution is -1.92. The number of halogens is 2. The fraction of sp³-hybridized carbons (Fsp3) is 0.200. The third-order valence-electron chi connectivity index (χ3n) is 1.87. The van der Waals surface area contributed by atoms with Gasteiger partial charge in [-0.3, -0.25) is 0 Å². The zero-order valence-electron chi connectivity index (χ0n) is 10.1. The number of terminal acetylenes is 1. The molecule has 0 N–H and O–H groups in total. The van der Waals surface area contributed by atoms with E-state index in [1.807, 2.05) is 30.3 Å². The predicted octanol–water partition coefficient (Wildman–Crippen LogP) is 3.83. The largest absolute Gasteiger partial charge is 0.373 e. The molecule has 0 saturated carbocycles. The second-order valence-corrected chi connectivity index (χ2v) is 3.15. The third-order valence-corrected chi connectivity index (χ3v) is 1.87. The second-order valence-electron chi connectivity index (χ2n) is 3.15. The summed E-state index contributed by atoms with van der Waals surface area (Å²) in [5.74, 6) is -0.578. The normalized spacial score (nSPS) is 11.0. The first-order chi connectivity index (χ1) is 8.83. The molecule has 1 aromatic rings. The molecule has 0 spiro atoms. The first-order valence-corrected chi connectivity index (χ1v) is 5.36. The fourth-order valence-corrected chi connectivity index (χ4v) is 1.12. The van der Waals surface area contributed by atoms with Crippen LogP contribution in [0.2, 0.25) is 0 Å². The highest BCUT2D eigenvalue weighted by Crippen LogP contribution is 2.01. The molecule has 1 aromatic carbocycles. The van der Waals surface area contributed by atoms with Crippen LogP contribution in [-0.4, -0.2) is 13.3 Å². The molecule has 1 nitrogen and oxygen atoms in total. The molecule has 0 radical (unpaired) electrons. The molecular formula is C15H16F2O. The molecule has 3 heteroatoms. The number of rotatable bonds is 6. The Morgan fingerprint density at radius 2 is 1.89 bits per heavy atom. The molecule has 0 saturated heterocycles. The highest BCUT2D eigenvalue weighted by Gasteiger charge is 1.90. The number of ether oxygens (including phenoxy) is 1. The summed E-state index contributed by atoms with van der Waals surface area (Å²) in [4.78, 5) is 0. The van der Waals surface area contributed by atoms with E-state index in [1.165, 1.54) is 12.2 Å². The maximum absolute atomic E-state index is 12.6. The first kappa shape index (κ1) is 16.1. The zero-order valence-corrected chi connectivity index (χ0v) is 10.1. The molecular weight excluding hydrogens is 234 g/mol. The van der Waals surface area contributed by atoms with Gasteiger partial charge in [-0.05, 0) is 17.7 Å². The summed E-state index contributed by atoms with van der Waals surface area (Å²) < 4.78 is 29.6. The Balaban J connectivity index is 0.00000137. The van der Waals surface area contributed by atoms with Crippen LogP contribution in [0.15, 0.2) is 54.4 Å². The summed E-state index contributed by atoms with van der Waals surface area (Å²) in [6.45, 7) is 0.00309. The number of allylic oxidation sites excluding steroid dienone is 3. The van der Waals surface area contributed by atoms with Crippen molar-refractivity contribution in [3.63, 3.8) is 0 Å². The van der Waals surface area contributed by atoms with E-state index in [0.717, 1.165) is 11.6 Å². The summed E-state index contributed by atoms with van der Waals surface area (Å²) in [6.07, 6.45) is 11.6. The van der Waals surface area contributed by atoms with Gasteiger partial charge in [0.05, 0.1) is 13.2 Å². The van der Waals surface area contributed by atoms with Gasteiger partial charge in [-0.1, -0.05) is 36.4 Å². The molecule has 0 aliphatic carbocycles. The van der Waals surface area contributed by atoms with Crippen LogP contribution in [0, 0.1) is 12.8 Å². The van der Waals surface area contributed by atoms with Gasteiger partial charge in [-0.15, -0.1) is 12.8 Å². The summed E-state index contributed by atoms with van der Waals surface area (Å²) >= 11 is 0. The van der Waals surface area contributed by atoms with Gasteiger partial charge in [0, 0.05) is 0 Å². The van der Waals surface area contributed by atoms with Gasteiger partial charge in [-0.2, -0.15) is 0 Å². The average Bonchev–Trinajstić information content (AvgIpc) is 2.42. The van der Waals surface area contributed by atoms with Crippen LogP contribution in [0.3, 0.4) is 0 Å². The Labute approximate surface area is 107 Å². The predicted molar refractivity (Wildman–Crippen MR) is 70.3 cm³/mol. The standard InChI is InChI=1S/C13H14F2O.C2H2/c14-9-8-13(15)7-4-10-16-11-12-5-2-1-3-6-12;1-2/h1-8H,9-11H2;1-2H/b7-4-,13-8+;. The van der Waals surface area contributed by atoms with E-state index in [1.54, 1.807) is 0 Å². The average molecular weight is 250 g/mol. The van der Waals surface area contributed by atoms with Gasteiger partial charge >= 0.3 is 0 Å². The number of benzene rings is 1. The molecule has 0 fully saturated rings. The Kier molecular flexibility index (Phi) is 10.3. The quantitative estimate of drug-likeness (QED) is 0.423. The molecule has 0 bridgehead atoms. The smallest absolute Gasteiger partial charge is 0.121 e. The van der Waals surface area contributed by atoms with Crippen molar-refractivity contribution in [3.05, 3.63) is 60.0 Å². The molecule has 0 unspecified atom stereocenters. The minimum atomic E-state index is -0.791. The van der Waals surface area contributed by atoms with Crippen molar-refractivity contribution >= 4 is 0 Å². The van der Waals surface area contributed by atoms with Gasteiger partial charge in [0.2, 0.25) is 0 Å². The Morgan fingerprint density at radius 1 is 1.22 bits per heavy atom. The van der Waals surface area contributed by atoms with Crippen molar-refractivity contribution in [2.75, 3.05) is 13.3 Å². The SMILES string of the molecule is C#C.FC/C=C(F)\C=C/COCc1ccccc1. The molecule has 96 valence electrons. The minimum Gasteiger partial charge on any atom is -0.373 e. The van der Waals surface area contributed by atoms with Crippen LogP contribution in [0.1, 0.15) is 5.56 Å². The van der Waals surface area contributed by atoms with E-state index in [9.17, 15) is 8.78 Å².